The van der Waals surface area contributed by atoms with Crippen molar-refractivity contribution in [2.24, 2.45) is 17.8 Å². The van der Waals surface area contributed by atoms with E-state index in [9.17, 15) is 0 Å². The number of benzene rings is 1. The lowest BCUT2D eigenvalue weighted by Crippen LogP contribution is -2.60. The molecule has 0 heterocycles. The fourth-order valence-corrected chi connectivity index (χ4v) is 5.80. The first-order valence-electron chi connectivity index (χ1n) is 7.95. The van der Waals surface area contributed by atoms with E-state index >= 15 is 0 Å². The van der Waals surface area contributed by atoms with Crippen molar-refractivity contribution in [1.82, 2.24) is 5.32 Å². The summed E-state index contributed by atoms with van der Waals surface area (Å²) in [6.07, 6.45) is 8.36. The molecule has 4 fully saturated rings. The van der Waals surface area contributed by atoms with Crippen molar-refractivity contribution in [2.45, 2.75) is 44.1 Å². The van der Waals surface area contributed by atoms with E-state index in [1.54, 1.807) is 0 Å². The van der Waals surface area contributed by atoms with E-state index in [1.807, 2.05) is 12.1 Å². The first kappa shape index (κ1) is 14.0. The Morgan fingerprint density at radius 3 is 2.05 bits per heavy atom. The monoisotopic (exact) mass is 364 g/mol. The molecule has 4 aliphatic rings. The van der Waals surface area contributed by atoms with Crippen LogP contribution < -0.4 is 10.6 Å². The smallest absolute Gasteiger partial charge is 0.171 e. The van der Waals surface area contributed by atoms with Crippen LogP contribution in [0, 0.1) is 17.8 Å². The maximum atomic E-state index is 5.57. The number of rotatable bonds is 2. The summed E-state index contributed by atoms with van der Waals surface area (Å²) in [5.41, 5.74) is 1.34. The molecule has 0 aliphatic heterocycles. The lowest BCUT2D eigenvalue weighted by molar-refractivity contribution is -0.00972. The molecule has 1 aromatic rings. The molecular formula is C17H21BrN2S. The fraction of sp³-hybridized carbons (Fsp3) is 0.588. The minimum absolute atomic E-state index is 0.286. The van der Waals surface area contributed by atoms with Gasteiger partial charge in [0, 0.05) is 15.7 Å². The van der Waals surface area contributed by atoms with Gasteiger partial charge < -0.3 is 10.6 Å². The molecule has 2 N–H and O–H groups in total. The molecule has 4 saturated carbocycles. The second kappa shape index (κ2) is 5.24. The molecule has 0 radical (unpaired) electrons. The Kier molecular flexibility index (Phi) is 3.49. The van der Waals surface area contributed by atoms with E-state index in [-0.39, 0.29) is 5.54 Å². The molecular weight excluding hydrogens is 344 g/mol. The summed E-state index contributed by atoms with van der Waals surface area (Å²) in [5.74, 6) is 2.83. The van der Waals surface area contributed by atoms with E-state index in [1.165, 1.54) is 38.5 Å². The van der Waals surface area contributed by atoms with Gasteiger partial charge >= 0.3 is 0 Å². The molecule has 1 aromatic carbocycles. The highest BCUT2D eigenvalue weighted by Crippen LogP contribution is 2.55. The largest absolute Gasteiger partial charge is 0.357 e. The van der Waals surface area contributed by atoms with Crippen molar-refractivity contribution >= 4 is 38.9 Å². The van der Waals surface area contributed by atoms with Gasteiger partial charge in [-0.05, 0) is 92.8 Å². The van der Waals surface area contributed by atoms with Crippen molar-refractivity contribution in [3.8, 4) is 0 Å². The number of anilines is 1. The fourth-order valence-electron chi connectivity index (χ4n) is 5.20. The zero-order chi connectivity index (χ0) is 14.4. The zero-order valence-electron chi connectivity index (χ0n) is 12.1. The minimum atomic E-state index is 0.286. The van der Waals surface area contributed by atoms with E-state index in [0.29, 0.717) is 0 Å². The van der Waals surface area contributed by atoms with Crippen LogP contribution in [0.1, 0.15) is 38.5 Å². The second-order valence-electron chi connectivity index (χ2n) is 7.28. The van der Waals surface area contributed by atoms with Crippen LogP contribution in [0.3, 0.4) is 0 Å². The SMILES string of the molecule is S=C(Nc1ccc(Br)cc1)NC12CC3CC(CC(C3)C1)C2. The topological polar surface area (TPSA) is 24.1 Å². The van der Waals surface area contributed by atoms with Crippen molar-refractivity contribution in [2.75, 3.05) is 5.32 Å². The van der Waals surface area contributed by atoms with Crippen LogP contribution in [0.15, 0.2) is 28.7 Å². The maximum absolute atomic E-state index is 5.57. The summed E-state index contributed by atoms with van der Waals surface area (Å²) < 4.78 is 1.09. The van der Waals surface area contributed by atoms with Crippen LogP contribution in [0.5, 0.6) is 0 Å². The van der Waals surface area contributed by atoms with Crippen LogP contribution in [-0.2, 0) is 0 Å². The minimum Gasteiger partial charge on any atom is -0.357 e. The maximum Gasteiger partial charge on any atom is 0.171 e. The summed E-state index contributed by atoms with van der Waals surface area (Å²) >= 11 is 9.03. The van der Waals surface area contributed by atoms with E-state index in [4.69, 9.17) is 12.2 Å². The molecule has 0 aromatic heterocycles. The highest BCUT2D eigenvalue weighted by Gasteiger charge is 2.51. The predicted octanol–water partition coefficient (Wildman–Crippen LogP) is 4.70. The summed E-state index contributed by atoms with van der Waals surface area (Å²) in [4.78, 5) is 0. The van der Waals surface area contributed by atoms with E-state index < -0.39 is 0 Å². The van der Waals surface area contributed by atoms with Gasteiger partial charge in [0.05, 0.1) is 0 Å². The molecule has 0 unspecified atom stereocenters. The molecule has 21 heavy (non-hydrogen) atoms. The molecule has 2 nitrogen and oxygen atoms in total. The average Bonchev–Trinajstić information content (AvgIpc) is 2.39. The highest BCUT2D eigenvalue weighted by molar-refractivity contribution is 9.10. The Hall–Kier alpha value is -0.610. The van der Waals surface area contributed by atoms with Crippen molar-refractivity contribution < 1.29 is 0 Å². The van der Waals surface area contributed by atoms with E-state index in [0.717, 1.165) is 33.0 Å². The Morgan fingerprint density at radius 2 is 1.52 bits per heavy atom. The third kappa shape index (κ3) is 2.85. The van der Waals surface area contributed by atoms with Gasteiger partial charge in [-0.15, -0.1) is 0 Å². The normalized spacial score (nSPS) is 36.5. The van der Waals surface area contributed by atoms with E-state index in [2.05, 4.69) is 38.7 Å². The first-order chi connectivity index (χ1) is 10.1. The number of thiocarbonyl (C=S) groups is 1. The lowest BCUT2D eigenvalue weighted by Gasteiger charge is -2.57. The molecule has 0 saturated heterocycles. The molecule has 0 amide bonds. The van der Waals surface area contributed by atoms with Crippen LogP contribution in [0.4, 0.5) is 5.69 Å². The Labute approximate surface area is 140 Å². The molecule has 0 spiro atoms. The summed E-state index contributed by atoms with van der Waals surface area (Å²) in [6.45, 7) is 0. The number of hydrogen-bond acceptors (Lipinski definition) is 1. The Balaban J connectivity index is 1.43. The molecule has 5 rings (SSSR count). The van der Waals surface area contributed by atoms with Gasteiger partial charge in [0.15, 0.2) is 5.11 Å². The van der Waals surface area contributed by atoms with Crippen molar-refractivity contribution in [1.29, 1.82) is 0 Å². The number of nitrogens with one attached hydrogen (secondary N) is 2. The van der Waals surface area contributed by atoms with Gasteiger partial charge in [-0.2, -0.15) is 0 Å². The first-order valence-corrected chi connectivity index (χ1v) is 9.15. The number of halogens is 1. The van der Waals surface area contributed by atoms with Gasteiger partial charge in [-0.25, -0.2) is 0 Å². The van der Waals surface area contributed by atoms with Crippen LogP contribution in [0.2, 0.25) is 0 Å². The average molecular weight is 365 g/mol. The van der Waals surface area contributed by atoms with Crippen molar-refractivity contribution in [3.63, 3.8) is 0 Å². The van der Waals surface area contributed by atoms with Crippen LogP contribution in [0.25, 0.3) is 0 Å². The predicted molar refractivity (Wildman–Crippen MR) is 94.4 cm³/mol. The molecule has 4 aliphatic carbocycles. The zero-order valence-corrected chi connectivity index (χ0v) is 14.5. The molecule has 4 heteroatoms. The Morgan fingerprint density at radius 1 is 1.00 bits per heavy atom. The molecule has 0 atom stereocenters. The quantitative estimate of drug-likeness (QED) is 0.743. The summed E-state index contributed by atoms with van der Waals surface area (Å²) in [5, 5.41) is 7.83. The van der Waals surface area contributed by atoms with Gasteiger partial charge in [0.1, 0.15) is 0 Å². The number of hydrogen-bond donors (Lipinski definition) is 2. The Bertz CT molecular complexity index is 519. The summed E-state index contributed by atoms with van der Waals surface area (Å²) in [7, 11) is 0. The van der Waals surface area contributed by atoms with Gasteiger partial charge in [-0.3, -0.25) is 0 Å². The van der Waals surface area contributed by atoms with Gasteiger partial charge in [0.2, 0.25) is 0 Å². The third-order valence-corrected chi connectivity index (χ3v) is 6.25. The van der Waals surface area contributed by atoms with Crippen molar-refractivity contribution in [3.05, 3.63) is 28.7 Å². The summed E-state index contributed by atoms with van der Waals surface area (Å²) in [6, 6.07) is 8.18. The second-order valence-corrected chi connectivity index (χ2v) is 8.61. The standard InChI is InChI=1S/C17H21BrN2S/c18-14-1-3-15(4-2-14)19-16(21)20-17-8-11-5-12(9-17)7-13(6-11)10-17/h1-4,11-13H,5-10H2,(H2,19,20,21). The van der Waals surface area contributed by atoms with Gasteiger partial charge in [0.25, 0.3) is 0 Å². The molecule has 112 valence electrons. The lowest BCUT2D eigenvalue weighted by atomic mass is 9.53. The van der Waals surface area contributed by atoms with Crippen LogP contribution >= 0.6 is 28.1 Å². The third-order valence-electron chi connectivity index (χ3n) is 5.52. The molecule has 4 bridgehead atoms. The van der Waals surface area contributed by atoms with Crippen LogP contribution in [-0.4, -0.2) is 10.7 Å². The highest BCUT2D eigenvalue weighted by atomic mass is 79.9. The van der Waals surface area contributed by atoms with Gasteiger partial charge in [-0.1, -0.05) is 15.9 Å².